The highest BCUT2D eigenvalue weighted by Crippen LogP contribution is 2.36. The third kappa shape index (κ3) is 5.69. The monoisotopic (exact) mass is 315 g/mol. The molecule has 0 saturated heterocycles. The fourth-order valence-corrected chi connectivity index (χ4v) is 2.30. The van der Waals surface area contributed by atoms with Gasteiger partial charge in [0.15, 0.2) is 0 Å². The average molecular weight is 316 g/mol. The van der Waals surface area contributed by atoms with E-state index in [4.69, 9.17) is 11.6 Å². The van der Waals surface area contributed by atoms with Gasteiger partial charge in [0.25, 0.3) is 0 Å². The van der Waals surface area contributed by atoms with E-state index in [2.05, 4.69) is 5.32 Å². The second-order valence-electron chi connectivity index (χ2n) is 4.10. The Labute approximate surface area is 114 Å². The van der Waals surface area contributed by atoms with Crippen LogP contribution in [-0.2, 0) is 16.0 Å². The van der Waals surface area contributed by atoms with E-state index >= 15 is 0 Å². The lowest BCUT2D eigenvalue weighted by Gasteiger charge is -2.14. The molecule has 1 N–H and O–H groups in total. The number of hydrogen-bond acceptors (Lipinski definition) is 3. The lowest BCUT2D eigenvalue weighted by Crippen LogP contribution is -2.14. The summed E-state index contributed by atoms with van der Waals surface area (Å²) in [5.74, 6) is -0.0745. The Morgan fingerprint density at radius 1 is 1.32 bits per heavy atom. The Balaban J connectivity index is 2.73. The van der Waals surface area contributed by atoms with Gasteiger partial charge in [0.2, 0.25) is 0 Å². The van der Waals surface area contributed by atoms with Crippen LogP contribution in [0.3, 0.4) is 0 Å². The number of alkyl halides is 3. The standard InChI is InChI=1S/C11H13ClF3NO2S/c1-19(17,18)6-2-5-16-10-4-3-8(12)7-9(10)11(13,14)15/h3-4,7,16H,2,5-6H2,1H3. The molecule has 0 radical (unpaired) electrons. The predicted molar refractivity (Wildman–Crippen MR) is 69.3 cm³/mol. The van der Waals surface area contributed by atoms with Gasteiger partial charge in [0, 0.05) is 23.5 Å². The summed E-state index contributed by atoms with van der Waals surface area (Å²) in [7, 11) is -3.11. The molecule has 1 aromatic rings. The smallest absolute Gasteiger partial charge is 0.385 e. The van der Waals surface area contributed by atoms with Crippen LogP contribution in [0.25, 0.3) is 0 Å². The summed E-state index contributed by atoms with van der Waals surface area (Å²) in [6.07, 6.45) is -3.20. The fourth-order valence-electron chi connectivity index (χ4n) is 1.46. The van der Waals surface area contributed by atoms with Crippen LogP contribution >= 0.6 is 11.6 Å². The van der Waals surface area contributed by atoms with Crippen molar-refractivity contribution in [2.45, 2.75) is 12.6 Å². The fraction of sp³-hybridized carbons (Fsp3) is 0.455. The maximum atomic E-state index is 12.7. The van der Waals surface area contributed by atoms with Gasteiger partial charge in [0.1, 0.15) is 9.84 Å². The summed E-state index contributed by atoms with van der Waals surface area (Å²) >= 11 is 5.54. The summed E-state index contributed by atoms with van der Waals surface area (Å²) in [6.45, 7) is 0.137. The molecular weight excluding hydrogens is 303 g/mol. The van der Waals surface area contributed by atoms with Crippen LogP contribution in [0.5, 0.6) is 0 Å². The van der Waals surface area contributed by atoms with Crippen LogP contribution in [-0.4, -0.2) is 27.0 Å². The largest absolute Gasteiger partial charge is 0.418 e. The first-order valence-electron chi connectivity index (χ1n) is 5.38. The molecule has 19 heavy (non-hydrogen) atoms. The molecule has 0 unspecified atom stereocenters. The van der Waals surface area contributed by atoms with Gasteiger partial charge in [-0.25, -0.2) is 8.42 Å². The highest BCUT2D eigenvalue weighted by Gasteiger charge is 2.33. The quantitative estimate of drug-likeness (QED) is 0.849. The van der Waals surface area contributed by atoms with Crippen LogP contribution < -0.4 is 5.32 Å². The summed E-state index contributed by atoms with van der Waals surface area (Å²) in [5.41, 5.74) is -0.968. The van der Waals surface area contributed by atoms with Gasteiger partial charge in [-0.15, -0.1) is 0 Å². The zero-order valence-corrected chi connectivity index (χ0v) is 11.7. The molecule has 0 fully saturated rings. The second kappa shape index (κ2) is 6.00. The number of benzene rings is 1. The van der Waals surface area contributed by atoms with Gasteiger partial charge in [-0.3, -0.25) is 0 Å². The van der Waals surface area contributed by atoms with E-state index in [1.165, 1.54) is 12.1 Å². The first-order chi connectivity index (χ1) is 8.59. The third-order valence-electron chi connectivity index (χ3n) is 2.29. The van der Waals surface area contributed by atoms with Crippen molar-refractivity contribution in [1.29, 1.82) is 0 Å². The maximum absolute atomic E-state index is 12.7. The van der Waals surface area contributed by atoms with Gasteiger partial charge in [-0.1, -0.05) is 11.6 Å². The van der Waals surface area contributed by atoms with E-state index in [-0.39, 0.29) is 29.4 Å². The van der Waals surface area contributed by atoms with E-state index in [0.717, 1.165) is 12.3 Å². The molecule has 1 aromatic carbocycles. The van der Waals surface area contributed by atoms with Crippen molar-refractivity contribution in [1.82, 2.24) is 0 Å². The number of halogens is 4. The molecule has 0 spiro atoms. The van der Waals surface area contributed by atoms with Crippen molar-refractivity contribution < 1.29 is 21.6 Å². The first-order valence-corrected chi connectivity index (χ1v) is 7.82. The van der Waals surface area contributed by atoms with Crippen molar-refractivity contribution in [2.24, 2.45) is 0 Å². The Bertz CT molecular complexity index is 543. The lowest BCUT2D eigenvalue weighted by molar-refractivity contribution is -0.136. The van der Waals surface area contributed by atoms with Crippen molar-refractivity contribution in [3.8, 4) is 0 Å². The molecular formula is C11H13ClF3NO2S. The first kappa shape index (κ1) is 16.1. The van der Waals surface area contributed by atoms with Crippen molar-refractivity contribution >= 4 is 27.1 Å². The van der Waals surface area contributed by atoms with Crippen LogP contribution in [0.2, 0.25) is 5.02 Å². The molecule has 0 saturated carbocycles. The molecule has 0 atom stereocenters. The van der Waals surface area contributed by atoms with Gasteiger partial charge < -0.3 is 5.32 Å². The van der Waals surface area contributed by atoms with E-state index in [0.29, 0.717) is 0 Å². The molecule has 1 rings (SSSR count). The van der Waals surface area contributed by atoms with Gasteiger partial charge >= 0.3 is 6.18 Å². The van der Waals surface area contributed by atoms with E-state index in [9.17, 15) is 21.6 Å². The van der Waals surface area contributed by atoms with Crippen molar-refractivity contribution in [2.75, 3.05) is 23.9 Å². The summed E-state index contributed by atoms with van der Waals surface area (Å²) in [6, 6.07) is 3.40. The van der Waals surface area contributed by atoms with Gasteiger partial charge in [0.05, 0.1) is 11.3 Å². The van der Waals surface area contributed by atoms with Gasteiger partial charge in [-0.2, -0.15) is 13.2 Å². The minimum Gasteiger partial charge on any atom is -0.385 e. The zero-order chi connectivity index (χ0) is 14.7. The molecule has 108 valence electrons. The Kier molecular flexibility index (Phi) is 5.09. The van der Waals surface area contributed by atoms with Gasteiger partial charge in [-0.05, 0) is 24.6 Å². The summed E-state index contributed by atoms with van der Waals surface area (Å²) < 4.78 is 60.0. The predicted octanol–water partition coefficient (Wildman–Crippen LogP) is 3.21. The molecule has 0 aliphatic heterocycles. The van der Waals surface area contributed by atoms with Crippen LogP contribution in [0.15, 0.2) is 18.2 Å². The average Bonchev–Trinajstić information content (AvgIpc) is 2.23. The van der Waals surface area contributed by atoms with E-state index in [1.54, 1.807) is 0 Å². The highest BCUT2D eigenvalue weighted by atomic mass is 35.5. The topological polar surface area (TPSA) is 46.2 Å². The number of hydrogen-bond donors (Lipinski definition) is 1. The number of nitrogens with one attached hydrogen (secondary N) is 1. The third-order valence-corrected chi connectivity index (χ3v) is 3.56. The Morgan fingerprint density at radius 3 is 2.47 bits per heavy atom. The maximum Gasteiger partial charge on any atom is 0.418 e. The molecule has 0 aliphatic rings. The van der Waals surface area contributed by atoms with Crippen LogP contribution in [0.1, 0.15) is 12.0 Å². The van der Waals surface area contributed by atoms with Crippen LogP contribution in [0, 0.1) is 0 Å². The molecule has 8 heteroatoms. The van der Waals surface area contributed by atoms with Crippen molar-refractivity contribution in [3.63, 3.8) is 0 Å². The van der Waals surface area contributed by atoms with Crippen molar-refractivity contribution in [3.05, 3.63) is 28.8 Å². The minimum absolute atomic E-state index is 0.00555. The highest BCUT2D eigenvalue weighted by molar-refractivity contribution is 7.90. The second-order valence-corrected chi connectivity index (χ2v) is 6.79. The SMILES string of the molecule is CS(=O)(=O)CCCNc1ccc(Cl)cc1C(F)(F)F. The zero-order valence-electron chi connectivity index (χ0n) is 10.1. The number of anilines is 1. The summed E-state index contributed by atoms with van der Waals surface area (Å²) in [5, 5.41) is 2.57. The minimum atomic E-state index is -4.51. The molecule has 0 aliphatic carbocycles. The van der Waals surface area contributed by atoms with E-state index in [1.807, 2.05) is 0 Å². The number of sulfone groups is 1. The Hall–Kier alpha value is -0.950. The molecule has 0 aromatic heterocycles. The summed E-state index contributed by atoms with van der Waals surface area (Å²) in [4.78, 5) is 0. The van der Waals surface area contributed by atoms with Crippen LogP contribution in [0.4, 0.5) is 18.9 Å². The number of rotatable bonds is 5. The Morgan fingerprint density at radius 2 is 1.95 bits per heavy atom. The molecule has 0 amide bonds. The normalized spacial score (nSPS) is 12.5. The molecule has 0 heterocycles. The molecule has 3 nitrogen and oxygen atoms in total. The molecule has 0 bridgehead atoms. The lowest BCUT2D eigenvalue weighted by atomic mass is 10.1. The van der Waals surface area contributed by atoms with E-state index < -0.39 is 21.6 Å².